The lowest BCUT2D eigenvalue weighted by Crippen LogP contribution is -2.16. The monoisotopic (exact) mass is 351 g/mol. The second-order valence-electron chi connectivity index (χ2n) is 5.48. The van der Waals surface area contributed by atoms with Crippen LogP contribution in [0.25, 0.3) is 0 Å². The van der Waals surface area contributed by atoms with Gasteiger partial charge < -0.3 is 14.2 Å². The van der Waals surface area contributed by atoms with Gasteiger partial charge in [0.05, 0.1) is 20.8 Å². The average molecular weight is 351 g/mol. The molecule has 0 saturated heterocycles. The summed E-state index contributed by atoms with van der Waals surface area (Å²) < 4.78 is 15.6. The topological polar surface area (TPSA) is 82.6 Å². The Morgan fingerprint density at radius 1 is 1.21 bits per heavy atom. The number of methoxy groups -OCH3 is 2. The van der Waals surface area contributed by atoms with Crippen molar-refractivity contribution in [3.05, 3.63) is 28.8 Å². The van der Waals surface area contributed by atoms with Crippen molar-refractivity contribution in [1.29, 1.82) is 0 Å². The van der Waals surface area contributed by atoms with E-state index >= 15 is 0 Å². The zero-order valence-corrected chi connectivity index (χ0v) is 15.0. The highest BCUT2D eigenvalue weighted by atomic mass is 32.1. The molecule has 1 aromatic heterocycles. The Morgan fingerprint density at radius 3 is 2.62 bits per heavy atom. The summed E-state index contributed by atoms with van der Waals surface area (Å²) in [6, 6.07) is 5.68. The molecule has 0 spiro atoms. The summed E-state index contributed by atoms with van der Waals surface area (Å²) in [6.07, 6.45) is 0.0679. The molecular formula is C16H21N3O4S. The van der Waals surface area contributed by atoms with E-state index in [1.54, 1.807) is 14.2 Å². The first-order chi connectivity index (χ1) is 11.5. The predicted octanol–water partition coefficient (Wildman–Crippen LogP) is 3.35. The number of hydrogen-bond donors (Lipinski definition) is 1. The molecule has 0 unspecified atom stereocenters. The van der Waals surface area contributed by atoms with Crippen LogP contribution >= 0.6 is 11.3 Å². The summed E-state index contributed by atoms with van der Waals surface area (Å²) in [7, 11) is 3.19. The molecule has 0 bridgehead atoms. The summed E-state index contributed by atoms with van der Waals surface area (Å²) in [5, 5.41) is 11.8. The van der Waals surface area contributed by atoms with Crippen LogP contribution in [0, 0.1) is 5.92 Å². The number of hydrogen-bond acceptors (Lipinski definition) is 7. The number of nitrogens with one attached hydrogen (secondary N) is 1. The molecule has 2 aromatic rings. The first-order valence-corrected chi connectivity index (χ1v) is 8.30. The van der Waals surface area contributed by atoms with E-state index in [4.69, 9.17) is 14.2 Å². The van der Waals surface area contributed by atoms with Crippen molar-refractivity contribution in [3.8, 4) is 11.5 Å². The van der Waals surface area contributed by atoms with Crippen molar-refractivity contribution in [2.75, 3.05) is 26.1 Å². The van der Waals surface area contributed by atoms with Crippen LogP contribution in [0.3, 0.4) is 0 Å². The molecule has 130 valence electrons. The van der Waals surface area contributed by atoms with Crippen LogP contribution in [-0.2, 0) is 11.2 Å². The van der Waals surface area contributed by atoms with Gasteiger partial charge in [0.1, 0.15) is 5.01 Å². The second kappa shape index (κ2) is 8.49. The van der Waals surface area contributed by atoms with Gasteiger partial charge in [-0.3, -0.25) is 5.32 Å². The first kappa shape index (κ1) is 18.0. The van der Waals surface area contributed by atoms with Crippen LogP contribution in [0.1, 0.15) is 24.4 Å². The van der Waals surface area contributed by atoms with Gasteiger partial charge in [-0.05, 0) is 23.6 Å². The Morgan fingerprint density at radius 2 is 1.96 bits per heavy atom. The Labute approximate surface area is 145 Å². The molecule has 1 N–H and O–H groups in total. The van der Waals surface area contributed by atoms with Crippen LogP contribution in [0.2, 0.25) is 0 Å². The van der Waals surface area contributed by atoms with Crippen molar-refractivity contribution >= 4 is 22.6 Å². The van der Waals surface area contributed by atoms with Crippen LogP contribution < -0.4 is 14.8 Å². The molecule has 1 heterocycles. The minimum atomic E-state index is -0.516. The van der Waals surface area contributed by atoms with Crippen molar-refractivity contribution in [2.24, 2.45) is 5.92 Å². The standard InChI is InChI=1S/C16H21N3O4S/c1-10(2)9-23-16(20)17-15-19-18-14(24-15)8-11-5-6-12(21-3)13(7-11)22-4/h5-7,10H,8-9H2,1-4H3,(H,17,19,20). The van der Waals surface area contributed by atoms with Gasteiger partial charge in [0.25, 0.3) is 0 Å². The predicted molar refractivity (Wildman–Crippen MR) is 92.1 cm³/mol. The highest BCUT2D eigenvalue weighted by Crippen LogP contribution is 2.29. The molecule has 1 aromatic carbocycles. The van der Waals surface area contributed by atoms with E-state index in [0.29, 0.717) is 29.7 Å². The van der Waals surface area contributed by atoms with Gasteiger partial charge in [-0.15, -0.1) is 10.2 Å². The number of carbonyl (C=O) groups is 1. The SMILES string of the molecule is COc1ccc(Cc2nnc(NC(=O)OCC(C)C)s2)cc1OC. The van der Waals surface area contributed by atoms with E-state index in [1.807, 2.05) is 32.0 Å². The molecule has 24 heavy (non-hydrogen) atoms. The maximum Gasteiger partial charge on any atom is 0.413 e. The van der Waals surface area contributed by atoms with Gasteiger partial charge in [0.2, 0.25) is 5.13 Å². The van der Waals surface area contributed by atoms with Crippen LogP contribution in [0.15, 0.2) is 18.2 Å². The molecular weight excluding hydrogens is 330 g/mol. The number of rotatable bonds is 7. The third kappa shape index (κ3) is 5.09. The van der Waals surface area contributed by atoms with Gasteiger partial charge in [-0.25, -0.2) is 4.79 Å². The summed E-state index contributed by atoms with van der Waals surface area (Å²) in [5.41, 5.74) is 1.01. The molecule has 8 heteroatoms. The Balaban J connectivity index is 1.97. The number of aromatic nitrogens is 2. The number of ether oxygens (including phenoxy) is 3. The smallest absolute Gasteiger partial charge is 0.413 e. The van der Waals surface area contributed by atoms with Crippen LogP contribution in [0.4, 0.5) is 9.93 Å². The van der Waals surface area contributed by atoms with E-state index < -0.39 is 6.09 Å². The van der Waals surface area contributed by atoms with Gasteiger partial charge in [0.15, 0.2) is 11.5 Å². The van der Waals surface area contributed by atoms with E-state index in [2.05, 4.69) is 15.5 Å². The zero-order valence-electron chi connectivity index (χ0n) is 14.2. The van der Waals surface area contributed by atoms with Gasteiger partial charge in [0, 0.05) is 6.42 Å². The van der Waals surface area contributed by atoms with Crippen molar-refractivity contribution in [2.45, 2.75) is 20.3 Å². The van der Waals surface area contributed by atoms with Crippen molar-refractivity contribution < 1.29 is 19.0 Å². The highest BCUT2D eigenvalue weighted by Gasteiger charge is 2.11. The normalized spacial score (nSPS) is 10.5. The summed E-state index contributed by atoms with van der Waals surface area (Å²) in [4.78, 5) is 11.6. The van der Waals surface area contributed by atoms with Crippen molar-refractivity contribution in [3.63, 3.8) is 0 Å². The Bertz CT molecular complexity index is 688. The molecule has 1 amide bonds. The van der Waals surface area contributed by atoms with Crippen molar-refractivity contribution in [1.82, 2.24) is 10.2 Å². The quantitative estimate of drug-likeness (QED) is 0.824. The fourth-order valence-corrected chi connectivity index (χ4v) is 2.67. The molecule has 0 radical (unpaired) electrons. The van der Waals surface area contributed by atoms with E-state index in [-0.39, 0.29) is 5.92 Å². The largest absolute Gasteiger partial charge is 0.493 e. The van der Waals surface area contributed by atoms with E-state index in [1.165, 1.54) is 11.3 Å². The molecule has 0 fully saturated rings. The molecule has 0 aliphatic rings. The van der Waals surface area contributed by atoms with Gasteiger partial charge in [-0.1, -0.05) is 31.3 Å². The van der Waals surface area contributed by atoms with Crippen LogP contribution in [0.5, 0.6) is 11.5 Å². The molecule has 2 rings (SSSR count). The Hall–Kier alpha value is -2.35. The molecule has 0 saturated carbocycles. The molecule has 7 nitrogen and oxygen atoms in total. The highest BCUT2D eigenvalue weighted by molar-refractivity contribution is 7.15. The maximum absolute atomic E-state index is 11.6. The number of benzene rings is 1. The maximum atomic E-state index is 11.6. The fourth-order valence-electron chi connectivity index (χ4n) is 1.91. The Kier molecular flexibility index (Phi) is 6.36. The van der Waals surface area contributed by atoms with Gasteiger partial charge in [-0.2, -0.15) is 0 Å². The second-order valence-corrected chi connectivity index (χ2v) is 6.55. The lowest BCUT2D eigenvalue weighted by Gasteiger charge is -2.08. The molecule has 0 aliphatic carbocycles. The van der Waals surface area contributed by atoms with Crippen LogP contribution in [-0.4, -0.2) is 37.1 Å². The number of amides is 1. The number of nitrogens with zero attached hydrogens (tertiary/aromatic N) is 2. The number of carbonyl (C=O) groups excluding carboxylic acids is 1. The lowest BCUT2D eigenvalue weighted by molar-refractivity contribution is 0.147. The minimum absolute atomic E-state index is 0.283. The lowest BCUT2D eigenvalue weighted by atomic mass is 10.1. The molecule has 0 aliphatic heterocycles. The fraction of sp³-hybridized carbons (Fsp3) is 0.438. The number of anilines is 1. The summed E-state index contributed by atoms with van der Waals surface area (Å²) in [5.74, 6) is 1.62. The van der Waals surface area contributed by atoms with E-state index in [0.717, 1.165) is 10.6 Å². The van der Waals surface area contributed by atoms with Gasteiger partial charge >= 0.3 is 6.09 Å². The third-order valence-electron chi connectivity index (χ3n) is 3.03. The average Bonchev–Trinajstić information content (AvgIpc) is 2.99. The molecule has 0 atom stereocenters. The summed E-state index contributed by atoms with van der Waals surface area (Å²) in [6.45, 7) is 4.31. The van der Waals surface area contributed by atoms with E-state index in [9.17, 15) is 4.79 Å². The first-order valence-electron chi connectivity index (χ1n) is 7.49. The zero-order chi connectivity index (χ0) is 17.5. The third-order valence-corrected chi connectivity index (χ3v) is 3.87. The summed E-state index contributed by atoms with van der Waals surface area (Å²) >= 11 is 1.31. The minimum Gasteiger partial charge on any atom is -0.493 e.